The van der Waals surface area contributed by atoms with E-state index >= 15 is 0 Å². The van der Waals surface area contributed by atoms with Gasteiger partial charge in [0.15, 0.2) is 6.10 Å². The number of hydrogen-bond donors (Lipinski definition) is 0. The number of esters is 1. The van der Waals surface area contributed by atoms with Crippen molar-refractivity contribution in [2.75, 3.05) is 0 Å². The highest BCUT2D eigenvalue weighted by Crippen LogP contribution is 2.22. The summed E-state index contributed by atoms with van der Waals surface area (Å²) < 4.78 is 23.7. The predicted molar refractivity (Wildman–Crippen MR) is 84.3 cm³/mol. The molecule has 0 unspecified atom stereocenters. The average molecular weight is 326 g/mol. The Morgan fingerprint density at radius 2 is 1.83 bits per heavy atom. The van der Waals surface area contributed by atoms with Crippen LogP contribution in [0.1, 0.15) is 24.5 Å². The Hall–Kier alpha value is -3.02. The third kappa shape index (κ3) is 3.84. The van der Waals surface area contributed by atoms with Crippen LogP contribution < -0.4 is 0 Å². The van der Waals surface area contributed by atoms with Gasteiger partial charge in [-0.15, -0.1) is 10.2 Å². The van der Waals surface area contributed by atoms with E-state index in [1.165, 1.54) is 12.1 Å². The van der Waals surface area contributed by atoms with Crippen LogP contribution in [0.4, 0.5) is 4.39 Å². The molecule has 0 aliphatic heterocycles. The van der Waals surface area contributed by atoms with E-state index in [0.717, 1.165) is 5.56 Å². The Morgan fingerprint density at radius 1 is 1.12 bits per heavy atom. The van der Waals surface area contributed by atoms with Gasteiger partial charge in [-0.05, 0) is 36.8 Å². The maximum Gasteiger partial charge on any atom is 0.311 e. The standard InChI is InChI=1S/C18H15FN2O3/c1-12(23-16(22)11-13-7-9-15(19)10-8-13)17-20-21-18(24-17)14-5-3-2-4-6-14/h2-10,12H,11H2,1H3/t12-/m0/s1. The predicted octanol–water partition coefficient (Wildman–Crippen LogP) is 3.72. The molecule has 0 fully saturated rings. The molecule has 0 radical (unpaired) electrons. The SMILES string of the molecule is C[C@H](OC(=O)Cc1ccc(F)cc1)c1nnc(-c2ccccc2)o1. The van der Waals surface area contributed by atoms with Crippen molar-refractivity contribution in [3.63, 3.8) is 0 Å². The molecule has 3 rings (SSSR count). The second kappa shape index (κ2) is 7.04. The molecule has 0 saturated heterocycles. The minimum atomic E-state index is -0.664. The molecule has 1 atom stereocenters. The highest BCUT2D eigenvalue weighted by molar-refractivity contribution is 5.72. The zero-order valence-corrected chi connectivity index (χ0v) is 13.0. The Balaban J connectivity index is 1.62. The van der Waals surface area contributed by atoms with Crippen LogP contribution in [0, 0.1) is 5.82 Å². The largest absolute Gasteiger partial charge is 0.452 e. The van der Waals surface area contributed by atoms with E-state index in [4.69, 9.17) is 9.15 Å². The van der Waals surface area contributed by atoms with Crippen molar-refractivity contribution >= 4 is 5.97 Å². The first-order valence-electron chi connectivity index (χ1n) is 7.44. The van der Waals surface area contributed by atoms with Crippen LogP contribution in [0.3, 0.4) is 0 Å². The van der Waals surface area contributed by atoms with Crippen LogP contribution in [0.2, 0.25) is 0 Å². The number of halogens is 1. The first kappa shape index (κ1) is 15.9. The van der Waals surface area contributed by atoms with E-state index in [9.17, 15) is 9.18 Å². The summed E-state index contributed by atoms with van der Waals surface area (Å²) in [4.78, 5) is 12.0. The van der Waals surface area contributed by atoms with Crippen LogP contribution in [-0.2, 0) is 16.0 Å². The third-order valence-corrected chi connectivity index (χ3v) is 3.38. The fraction of sp³-hybridized carbons (Fsp3) is 0.167. The normalized spacial score (nSPS) is 11.9. The topological polar surface area (TPSA) is 65.2 Å². The number of carbonyl (C=O) groups is 1. The van der Waals surface area contributed by atoms with Crippen LogP contribution in [0.25, 0.3) is 11.5 Å². The summed E-state index contributed by atoms with van der Waals surface area (Å²) in [5, 5.41) is 7.88. The van der Waals surface area contributed by atoms with Gasteiger partial charge in [-0.3, -0.25) is 4.79 Å². The number of carbonyl (C=O) groups excluding carboxylic acids is 1. The van der Waals surface area contributed by atoms with E-state index in [-0.39, 0.29) is 18.1 Å². The molecule has 0 saturated carbocycles. The van der Waals surface area contributed by atoms with Crippen molar-refractivity contribution in [1.29, 1.82) is 0 Å². The lowest BCUT2D eigenvalue weighted by Gasteiger charge is -2.09. The van der Waals surface area contributed by atoms with E-state index < -0.39 is 12.1 Å². The van der Waals surface area contributed by atoms with E-state index in [0.29, 0.717) is 11.5 Å². The highest BCUT2D eigenvalue weighted by Gasteiger charge is 2.19. The number of nitrogens with zero attached hydrogens (tertiary/aromatic N) is 2. The van der Waals surface area contributed by atoms with Crippen LogP contribution in [-0.4, -0.2) is 16.2 Å². The minimum absolute atomic E-state index is 0.0459. The van der Waals surface area contributed by atoms with Gasteiger partial charge < -0.3 is 9.15 Å². The van der Waals surface area contributed by atoms with Crippen molar-refractivity contribution in [2.45, 2.75) is 19.4 Å². The van der Waals surface area contributed by atoms with Crippen molar-refractivity contribution < 1.29 is 18.3 Å². The van der Waals surface area contributed by atoms with Crippen LogP contribution >= 0.6 is 0 Å². The lowest BCUT2D eigenvalue weighted by atomic mass is 10.1. The number of hydrogen-bond acceptors (Lipinski definition) is 5. The van der Waals surface area contributed by atoms with Gasteiger partial charge in [-0.25, -0.2) is 4.39 Å². The zero-order valence-electron chi connectivity index (χ0n) is 13.0. The first-order valence-corrected chi connectivity index (χ1v) is 7.44. The smallest absolute Gasteiger partial charge is 0.311 e. The van der Waals surface area contributed by atoms with Gasteiger partial charge in [0, 0.05) is 5.56 Å². The van der Waals surface area contributed by atoms with Gasteiger partial charge in [0.1, 0.15) is 5.82 Å². The van der Waals surface area contributed by atoms with Gasteiger partial charge in [-0.1, -0.05) is 30.3 Å². The van der Waals surface area contributed by atoms with Gasteiger partial charge in [-0.2, -0.15) is 0 Å². The summed E-state index contributed by atoms with van der Waals surface area (Å²) in [6.07, 6.45) is -0.618. The maximum absolute atomic E-state index is 12.9. The minimum Gasteiger partial charge on any atom is -0.452 e. The Bertz CT molecular complexity index is 816. The molecule has 1 aromatic heterocycles. The van der Waals surface area contributed by atoms with E-state index in [1.54, 1.807) is 19.1 Å². The summed E-state index contributed by atoms with van der Waals surface area (Å²) in [7, 11) is 0. The molecule has 3 aromatic rings. The zero-order chi connectivity index (χ0) is 16.9. The second-order valence-electron chi connectivity index (χ2n) is 5.25. The number of aromatic nitrogens is 2. The monoisotopic (exact) mass is 326 g/mol. The molecule has 0 aliphatic carbocycles. The molecule has 5 nitrogen and oxygen atoms in total. The lowest BCUT2D eigenvalue weighted by molar-refractivity contribution is -0.148. The Labute approximate surface area is 138 Å². The van der Waals surface area contributed by atoms with Crippen molar-refractivity contribution in [2.24, 2.45) is 0 Å². The number of benzene rings is 2. The van der Waals surface area contributed by atoms with E-state index in [2.05, 4.69) is 10.2 Å². The molecule has 0 bridgehead atoms. The maximum atomic E-state index is 12.9. The van der Waals surface area contributed by atoms with Crippen LogP contribution in [0.5, 0.6) is 0 Å². The summed E-state index contributed by atoms with van der Waals surface area (Å²) >= 11 is 0. The van der Waals surface area contributed by atoms with Crippen molar-refractivity contribution in [1.82, 2.24) is 10.2 Å². The van der Waals surface area contributed by atoms with E-state index in [1.807, 2.05) is 30.3 Å². The number of ether oxygens (including phenoxy) is 1. The highest BCUT2D eigenvalue weighted by atomic mass is 19.1. The average Bonchev–Trinajstić information content (AvgIpc) is 3.08. The molecule has 0 N–H and O–H groups in total. The molecular weight excluding hydrogens is 311 g/mol. The third-order valence-electron chi connectivity index (χ3n) is 3.38. The molecule has 1 heterocycles. The van der Waals surface area contributed by atoms with Crippen LogP contribution in [0.15, 0.2) is 59.0 Å². The van der Waals surface area contributed by atoms with Gasteiger partial charge in [0.05, 0.1) is 6.42 Å². The molecule has 122 valence electrons. The Morgan fingerprint density at radius 3 is 2.54 bits per heavy atom. The molecular formula is C18H15FN2O3. The van der Waals surface area contributed by atoms with Crippen molar-refractivity contribution in [3.8, 4) is 11.5 Å². The fourth-order valence-electron chi connectivity index (χ4n) is 2.15. The van der Waals surface area contributed by atoms with Gasteiger partial charge >= 0.3 is 5.97 Å². The molecule has 2 aromatic carbocycles. The van der Waals surface area contributed by atoms with Gasteiger partial charge in [0.25, 0.3) is 5.89 Å². The molecule has 0 aliphatic rings. The fourth-order valence-corrected chi connectivity index (χ4v) is 2.15. The van der Waals surface area contributed by atoms with Crippen molar-refractivity contribution in [3.05, 3.63) is 71.9 Å². The quantitative estimate of drug-likeness (QED) is 0.669. The first-order chi connectivity index (χ1) is 11.6. The molecule has 0 spiro atoms. The Kier molecular flexibility index (Phi) is 4.65. The summed E-state index contributed by atoms with van der Waals surface area (Å²) in [5.41, 5.74) is 1.46. The molecule has 6 heteroatoms. The summed E-state index contributed by atoms with van der Waals surface area (Å²) in [5.74, 6) is -0.207. The van der Waals surface area contributed by atoms with Gasteiger partial charge in [0.2, 0.25) is 5.89 Å². The second-order valence-corrected chi connectivity index (χ2v) is 5.25. The molecule has 24 heavy (non-hydrogen) atoms. The summed E-state index contributed by atoms with van der Waals surface area (Å²) in [6, 6.07) is 15.0. The summed E-state index contributed by atoms with van der Waals surface area (Å²) in [6.45, 7) is 1.66. The number of rotatable bonds is 5. The molecule has 0 amide bonds. The lowest BCUT2D eigenvalue weighted by Crippen LogP contribution is -2.11.